The molecule has 1 atom stereocenters. The number of carbonyl (C=O) groups is 3. The van der Waals surface area contributed by atoms with Crippen molar-refractivity contribution in [3.63, 3.8) is 0 Å². The van der Waals surface area contributed by atoms with E-state index in [0.29, 0.717) is 23.7 Å². The van der Waals surface area contributed by atoms with Crippen LogP contribution in [0.3, 0.4) is 0 Å². The molecule has 5 rings (SSSR count). The van der Waals surface area contributed by atoms with Crippen LogP contribution in [0.25, 0.3) is 0 Å². The van der Waals surface area contributed by atoms with E-state index in [1.54, 1.807) is 23.8 Å². The maximum absolute atomic E-state index is 14.3. The number of hydrogen-bond acceptors (Lipinski definition) is 6. The van der Waals surface area contributed by atoms with Gasteiger partial charge in [-0.15, -0.1) is 4.68 Å². The van der Waals surface area contributed by atoms with Crippen molar-refractivity contribution < 1.29 is 23.9 Å². The standard InChI is InChI=1S/C35H47N5O5S/c1-8-45-33(43)40-30(38(4)31(41)35(20-15-21-35)46(5,6)7)27-22-39(34(2,3)29(27)37-40)32(42)36-28(26-18-13-10-14-19-26)24-44-23-25-16-11-9-12-17-25/h9-14,16-19,28H,8,15,20-24H2,1-7H3,(H,36,42)/t28-/m1/s1. The summed E-state index contributed by atoms with van der Waals surface area (Å²) < 4.78 is 12.2. The van der Waals surface area contributed by atoms with Crippen molar-refractivity contribution in [1.29, 1.82) is 0 Å². The quantitative estimate of drug-likeness (QED) is 0.281. The maximum Gasteiger partial charge on any atom is 0.436 e. The molecule has 2 aliphatic rings. The number of ether oxygens (including phenoxy) is 2. The molecule has 1 N–H and O–H groups in total. The van der Waals surface area contributed by atoms with E-state index in [2.05, 4.69) is 24.1 Å². The first-order valence-electron chi connectivity index (χ1n) is 15.8. The topological polar surface area (TPSA) is 106 Å². The number of benzene rings is 2. The Labute approximate surface area is 273 Å². The molecule has 1 aliphatic heterocycles. The minimum Gasteiger partial charge on any atom is -0.448 e. The molecule has 11 heteroatoms. The van der Waals surface area contributed by atoms with Gasteiger partial charge in [0.15, 0.2) is 5.82 Å². The summed E-state index contributed by atoms with van der Waals surface area (Å²) in [5.74, 6) is 0.345. The number of anilines is 1. The molecule has 2 heterocycles. The van der Waals surface area contributed by atoms with Crippen LogP contribution in [-0.2, 0) is 33.0 Å². The normalized spacial score (nSPS) is 17.4. The van der Waals surface area contributed by atoms with Crippen molar-refractivity contribution in [3.8, 4) is 0 Å². The molecular formula is C35H47N5O5S. The van der Waals surface area contributed by atoms with Crippen LogP contribution < -0.4 is 10.2 Å². The second-order valence-corrected chi connectivity index (χ2v) is 17.8. The van der Waals surface area contributed by atoms with Gasteiger partial charge in [-0.2, -0.15) is 5.10 Å². The highest BCUT2D eigenvalue weighted by atomic mass is 32.3. The summed E-state index contributed by atoms with van der Waals surface area (Å²) in [6.07, 6.45) is 8.50. The molecule has 46 heavy (non-hydrogen) atoms. The third-order valence-electron chi connectivity index (χ3n) is 9.45. The van der Waals surface area contributed by atoms with E-state index in [4.69, 9.17) is 14.6 Å². The Morgan fingerprint density at radius 3 is 2.22 bits per heavy atom. The summed E-state index contributed by atoms with van der Waals surface area (Å²) in [4.78, 5) is 44.8. The number of nitrogens with one attached hydrogen (secondary N) is 1. The second kappa shape index (κ2) is 13.1. The van der Waals surface area contributed by atoms with Gasteiger partial charge in [0.2, 0.25) is 5.91 Å². The minimum absolute atomic E-state index is 0.0186. The zero-order chi connectivity index (χ0) is 33.3. The molecule has 1 aliphatic carbocycles. The van der Waals surface area contributed by atoms with Crippen molar-refractivity contribution in [2.24, 2.45) is 0 Å². The predicted molar refractivity (Wildman–Crippen MR) is 182 cm³/mol. The highest BCUT2D eigenvalue weighted by Gasteiger charge is 2.54. The van der Waals surface area contributed by atoms with Gasteiger partial charge in [-0.05, 0) is 69.9 Å². The van der Waals surface area contributed by atoms with Crippen LogP contribution in [0.5, 0.6) is 0 Å². The van der Waals surface area contributed by atoms with Crippen molar-refractivity contribution >= 4 is 33.9 Å². The van der Waals surface area contributed by atoms with Gasteiger partial charge in [-0.3, -0.25) is 9.69 Å². The van der Waals surface area contributed by atoms with Gasteiger partial charge >= 0.3 is 12.1 Å². The van der Waals surface area contributed by atoms with E-state index in [1.165, 1.54) is 4.68 Å². The Bertz CT molecular complexity index is 1560. The highest BCUT2D eigenvalue weighted by molar-refractivity contribution is 8.33. The van der Waals surface area contributed by atoms with Gasteiger partial charge in [-0.25, -0.2) is 19.6 Å². The number of nitrogens with zero attached hydrogens (tertiary/aromatic N) is 4. The molecule has 1 aromatic heterocycles. The summed E-state index contributed by atoms with van der Waals surface area (Å²) in [6.45, 7) is 6.58. The average Bonchev–Trinajstić information content (AvgIpc) is 3.50. The molecule has 3 amide bonds. The van der Waals surface area contributed by atoms with Crippen molar-refractivity contribution in [2.45, 2.75) is 69.5 Å². The second-order valence-electron chi connectivity index (χ2n) is 13.4. The lowest BCUT2D eigenvalue weighted by atomic mass is 9.83. The Balaban J connectivity index is 1.43. The molecular weight excluding hydrogens is 602 g/mol. The lowest BCUT2D eigenvalue weighted by Gasteiger charge is -2.54. The molecule has 3 aromatic rings. The molecule has 2 aromatic carbocycles. The van der Waals surface area contributed by atoms with Crippen LogP contribution in [0.2, 0.25) is 0 Å². The van der Waals surface area contributed by atoms with Crippen molar-refractivity contribution in [1.82, 2.24) is 20.0 Å². The fourth-order valence-corrected chi connectivity index (χ4v) is 8.71. The first kappa shape index (κ1) is 33.5. The lowest BCUT2D eigenvalue weighted by Crippen LogP contribution is -2.55. The SMILES string of the molecule is CCOC(=O)n1nc2c(c1N(C)C(=O)C1(S(C)(C)C)CCC1)CN(C(=O)N[C@H](COCc1ccccc1)c1ccccc1)C2(C)C. The van der Waals surface area contributed by atoms with Crippen LogP contribution in [0, 0.1) is 0 Å². The number of fused-ring (bicyclic) bond motifs is 1. The predicted octanol–water partition coefficient (Wildman–Crippen LogP) is 6.19. The number of urea groups is 1. The van der Waals surface area contributed by atoms with Gasteiger partial charge < -0.3 is 19.7 Å². The lowest BCUT2D eigenvalue weighted by molar-refractivity contribution is -0.122. The fraction of sp³-hybridized carbons (Fsp3) is 0.486. The highest BCUT2D eigenvalue weighted by Crippen LogP contribution is 2.61. The van der Waals surface area contributed by atoms with Crippen molar-refractivity contribution in [3.05, 3.63) is 83.0 Å². The van der Waals surface area contributed by atoms with E-state index < -0.39 is 32.4 Å². The summed E-state index contributed by atoms with van der Waals surface area (Å²) in [5.41, 5.74) is 2.32. The number of hydrogen-bond donors (Lipinski definition) is 1. The molecule has 1 saturated carbocycles. The zero-order valence-electron chi connectivity index (χ0n) is 28.0. The van der Waals surface area contributed by atoms with Crippen LogP contribution in [-0.4, -0.2) is 76.5 Å². The van der Waals surface area contributed by atoms with Gasteiger partial charge in [0.05, 0.1) is 48.4 Å². The number of rotatable bonds is 10. The Kier molecular flexibility index (Phi) is 9.56. The largest absolute Gasteiger partial charge is 0.448 e. The first-order chi connectivity index (χ1) is 21.8. The number of aromatic nitrogens is 2. The monoisotopic (exact) mass is 649 g/mol. The van der Waals surface area contributed by atoms with E-state index >= 15 is 0 Å². The summed E-state index contributed by atoms with van der Waals surface area (Å²) >= 11 is 0. The molecule has 248 valence electrons. The smallest absolute Gasteiger partial charge is 0.436 e. The summed E-state index contributed by atoms with van der Waals surface area (Å²) in [6, 6.07) is 19.0. The molecule has 0 bridgehead atoms. The minimum atomic E-state index is -1.26. The van der Waals surface area contributed by atoms with Gasteiger partial charge in [0.1, 0.15) is 0 Å². The Hall–Kier alpha value is -3.83. The van der Waals surface area contributed by atoms with Gasteiger partial charge in [0.25, 0.3) is 0 Å². The first-order valence-corrected chi connectivity index (χ1v) is 18.7. The van der Waals surface area contributed by atoms with Crippen molar-refractivity contribution in [2.75, 3.05) is 43.9 Å². The third kappa shape index (κ3) is 6.14. The van der Waals surface area contributed by atoms with E-state index in [9.17, 15) is 14.4 Å². The number of carbonyl (C=O) groups excluding carboxylic acids is 3. The molecule has 1 fully saturated rings. The molecule has 0 spiro atoms. The fourth-order valence-electron chi connectivity index (χ4n) is 6.53. The van der Waals surface area contributed by atoms with Gasteiger partial charge in [0, 0.05) is 12.6 Å². The number of amides is 3. The summed E-state index contributed by atoms with van der Waals surface area (Å²) in [5, 5.41) is 7.91. The summed E-state index contributed by atoms with van der Waals surface area (Å²) in [7, 11) is 0.458. The molecule has 0 unspecified atom stereocenters. The molecule has 0 radical (unpaired) electrons. The molecule has 0 saturated heterocycles. The average molecular weight is 650 g/mol. The Morgan fingerprint density at radius 1 is 1.02 bits per heavy atom. The van der Waals surface area contributed by atoms with E-state index in [0.717, 1.165) is 30.4 Å². The van der Waals surface area contributed by atoms with E-state index in [1.807, 2.05) is 74.5 Å². The van der Waals surface area contributed by atoms with Crippen LogP contribution in [0.4, 0.5) is 15.4 Å². The van der Waals surface area contributed by atoms with Crippen LogP contribution in [0.15, 0.2) is 60.7 Å². The molecule has 10 nitrogen and oxygen atoms in total. The van der Waals surface area contributed by atoms with E-state index in [-0.39, 0.29) is 31.7 Å². The Morgan fingerprint density at radius 2 is 1.65 bits per heavy atom. The maximum atomic E-state index is 14.3. The van der Waals surface area contributed by atoms with Gasteiger partial charge in [-0.1, -0.05) is 60.7 Å². The van der Waals surface area contributed by atoms with Crippen LogP contribution in [0.1, 0.15) is 68.5 Å². The zero-order valence-corrected chi connectivity index (χ0v) is 28.9. The van der Waals surface area contributed by atoms with Crippen LogP contribution >= 0.6 is 10.0 Å². The third-order valence-corrected chi connectivity index (χ3v) is 12.4.